The molecule has 182 valence electrons. The van der Waals surface area contributed by atoms with E-state index in [1.165, 1.54) is 0 Å². The van der Waals surface area contributed by atoms with E-state index in [0.717, 1.165) is 67.0 Å². The van der Waals surface area contributed by atoms with Gasteiger partial charge in [0, 0.05) is 40.5 Å². The van der Waals surface area contributed by atoms with Crippen LogP contribution in [0.15, 0.2) is 110 Å². The van der Waals surface area contributed by atoms with Gasteiger partial charge in [0.05, 0.1) is 23.1 Å². The average Bonchev–Trinajstić information content (AvgIpc) is 3.61. The number of aromatic nitrogens is 6. The van der Waals surface area contributed by atoms with Crippen molar-refractivity contribution in [3.05, 3.63) is 115 Å². The maximum Gasteiger partial charge on any atom is 0.138 e. The molecule has 0 saturated heterocycles. The molecule has 5 aromatic heterocycles. The van der Waals surface area contributed by atoms with E-state index in [2.05, 4.69) is 48.3 Å². The molecule has 38 heavy (non-hydrogen) atoms. The fourth-order valence-electron chi connectivity index (χ4n) is 4.70. The number of fused-ring (bicyclic) bond motifs is 2. The van der Waals surface area contributed by atoms with Crippen molar-refractivity contribution in [2.45, 2.75) is 6.61 Å². The predicted octanol–water partition coefficient (Wildman–Crippen LogP) is 6.81. The molecule has 0 atom stereocenters. The first-order valence-corrected chi connectivity index (χ1v) is 12.3. The minimum atomic E-state index is 0.492. The lowest BCUT2D eigenvalue weighted by Gasteiger charge is -2.08. The molecule has 2 N–H and O–H groups in total. The Bertz CT molecular complexity index is 1880. The third kappa shape index (κ3) is 4.06. The fraction of sp³-hybridized carbons (Fsp3) is 0.0323. The molecule has 7 aromatic rings. The molecule has 0 aliphatic rings. The van der Waals surface area contributed by atoms with Crippen molar-refractivity contribution in [3.63, 3.8) is 0 Å². The van der Waals surface area contributed by atoms with Crippen LogP contribution in [-0.2, 0) is 6.61 Å². The molecule has 0 saturated carbocycles. The summed E-state index contributed by atoms with van der Waals surface area (Å²) in [6.07, 6.45) is 7.19. The molecule has 0 amide bonds. The Kier molecular flexibility index (Phi) is 5.37. The topological polar surface area (TPSA) is 92.4 Å². The Hall–Kier alpha value is -5.30. The third-order valence-electron chi connectivity index (χ3n) is 6.59. The number of benzene rings is 2. The lowest BCUT2D eigenvalue weighted by molar-refractivity contribution is 0.305. The summed E-state index contributed by atoms with van der Waals surface area (Å²) in [5.41, 5.74) is 8.50. The molecule has 0 fully saturated rings. The fourth-order valence-corrected chi connectivity index (χ4v) is 4.70. The number of nitrogens with zero attached hydrogens (tertiary/aromatic N) is 4. The van der Waals surface area contributed by atoms with Gasteiger partial charge in [-0.2, -0.15) is 5.10 Å². The first kappa shape index (κ1) is 21.9. The van der Waals surface area contributed by atoms with Crippen molar-refractivity contribution in [1.29, 1.82) is 0 Å². The smallest absolute Gasteiger partial charge is 0.138 e. The number of aromatic amines is 2. The third-order valence-corrected chi connectivity index (χ3v) is 6.59. The number of hydrogen-bond donors (Lipinski definition) is 2. The monoisotopic (exact) mass is 494 g/mol. The van der Waals surface area contributed by atoms with E-state index in [4.69, 9.17) is 4.74 Å². The molecule has 7 nitrogen and oxygen atoms in total. The van der Waals surface area contributed by atoms with Gasteiger partial charge in [-0.05, 0) is 53.6 Å². The summed E-state index contributed by atoms with van der Waals surface area (Å²) in [6.45, 7) is 0.492. The first-order valence-electron chi connectivity index (χ1n) is 12.3. The summed E-state index contributed by atoms with van der Waals surface area (Å²) in [5.74, 6) is 0.725. The van der Waals surface area contributed by atoms with E-state index in [-0.39, 0.29) is 0 Å². The largest absolute Gasteiger partial charge is 0.487 e. The summed E-state index contributed by atoms with van der Waals surface area (Å²) >= 11 is 0. The standard InChI is InChI=1S/C31H22N6O/c1-2-6-20(7-3-1)19-38-23-14-22(17-32-18-23)21-9-10-28-26(15-21)30(37-36-28)29-16-25-24(11-13-34-31(25)35-29)27-8-4-5-12-33-27/h1-18H,19H2,(H,34,35)(H,36,37). The van der Waals surface area contributed by atoms with E-state index in [9.17, 15) is 0 Å². The molecule has 0 radical (unpaired) electrons. The van der Waals surface area contributed by atoms with Crippen molar-refractivity contribution in [2.75, 3.05) is 0 Å². The minimum Gasteiger partial charge on any atom is -0.487 e. The highest BCUT2D eigenvalue weighted by Gasteiger charge is 2.15. The Morgan fingerprint density at radius 3 is 2.55 bits per heavy atom. The van der Waals surface area contributed by atoms with E-state index in [0.29, 0.717) is 6.61 Å². The number of ether oxygens (including phenoxy) is 1. The van der Waals surface area contributed by atoms with Gasteiger partial charge < -0.3 is 9.72 Å². The normalized spacial score (nSPS) is 11.3. The second kappa shape index (κ2) is 9.29. The summed E-state index contributed by atoms with van der Waals surface area (Å²) in [6, 6.07) is 28.3. The average molecular weight is 495 g/mol. The van der Waals surface area contributed by atoms with Gasteiger partial charge in [-0.3, -0.25) is 15.1 Å². The van der Waals surface area contributed by atoms with E-state index >= 15 is 0 Å². The Morgan fingerprint density at radius 2 is 1.66 bits per heavy atom. The molecule has 0 spiro atoms. The zero-order valence-corrected chi connectivity index (χ0v) is 20.3. The van der Waals surface area contributed by atoms with Crippen molar-refractivity contribution in [1.82, 2.24) is 30.1 Å². The summed E-state index contributed by atoms with van der Waals surface area (Å²) in [5, 5.41) is 9.81. The minimum absolute atomic E-state index is 0.492. The number of hydrogen-bond acceptors (Lipinski definition) is 5. The highest BCUT2D eigenvalue weighted by molar-refractivity contribution is 6.00. The zero-order valence-electron chi connectivity index (χ0n) is 20.3. The molecule has 0 aliphatic heterocycles. The number of H-pyrrole nitrogens is 2. The van der Waals surface area contributed by atoms with Crippen LogP contribution in [0.2, 0.25) is 0 Å². The van der Waals surface area contributed by atoms with Crippen LogP contribution in [0.5, 0.6) is 5.75 Å². The van der Waals surface area contributed by atoms with Crippen LogP contribution >= 0.6 is 0 Å². The van der Waals surface area contributed by atoms with Crippen LogP contribution in [0.25, 0.3) is 55.7 Å². The van der Waals surface area contributed by atoms with Crippen LogP contribution in [0.1, 0.15) is 5.56 Å². The van der Waals surface area contributed by atoms with Gasteiger partial charge in [-0.25, -0.2) is 4.98 Å². The summed E-state index contributed by atoms with van der Waals surface area (Å²) in [4.78, 5) is 16.9. The van der Waals surface area contributed by atoms with Crippen molar-refractivity contribution >= 4 is 21.9 Å². The lowest BCUT2D eigenvalue weighted by atomic mass is 10.0. The zero-order chi connectivity index (χ0) is 25.3. The quantitative estimate of drug-likeness (QED) is 0.265. The van der Waals surface area contributed by atoms with Gasteiger partial charge in [0.1, 0.15) is 23.7 Å². The van der Waals surface area contributed by atoms with Crippen LogP contribution in [0.3, 0.4) is 0 Å². The summed E-state index contributed by atoms with van der Waals surface area (Å²) in [7, 11) is 0. The van der Waals surface area contributed by atoms with Crippen LogP contribution < -0.4 is 4.74 Å². The molecule has 2 aromatic carbocycles. The van der Waals surface area contributed by atoms with Gasteiger partial charge in [0.15, 0.2) is 0 Å². The van der Waals surface area contributed by atoms with E-state index in [1.54, 1.807) is 18.6 Å². The maximum absolute atomic E-state index is 6.00. The Labute approximate surface area is 218 Å². The van der Waals surface area contributed by atoms with Gasteiger partial charge >= 0.3 is 0 Å². The second-order valence-electron chi connectivity index (χ2n) is 9.03. The lowest BCUT2D eigenvalue weighted by Crippen LogP contribution is -1.95. The predicted molar refractivity (Wildman–Crippen MR) is 148 cm³/mol. The van der Waals surface area contributed by atoms with Gasteiger partial charge in [-0.15, -0.1) is 0 Å². The molecular formula is C31H22N6O. The van der Waals surface area contributed by atoms with E-state index in [1.807, 2.05) is 72.9 Å². The van der Waals surface area contributed by atoms with Gasteiger partial charge in [-0.1, -0.05) is 42.5 Å². The van der Waals surface area contributed by atoms with Crippen molar-refractivity contribution in [2.24, 2.45) is 0 Å². The van der Waals surface area contributed by atoms with E-state index < -0.39 is 0 Å². The Morgan fingerprint density at radius 1 is 0.737 bits per heavy atom. The summed E-state index contributed by atoms with van der Waals surface area (Å²) < 4.78 is 6.00. The van der Waals surface area contributed by atoms with Crippen LogP contribution in [0, 0.1) is 0 Å². The Balaban J connectivity index is 1.24. The molecule has 7 rings (SSSR count). The maximum atomic E-state index is 6.00. The number of nitrogens with one attached hydrogen (secondary N) is 2. The molecule has 0 bridgehead atoms. The van der Waals surface area contributed by atoms with Crippen molar-refractivity contribution < 1.29 is 4.74 Å². The highest BCUT2D eigenvalue weighted by atomic mass is 16.5. The highest BCUT2D eigenvalue weighted by Crippen LogP contribution is 2.34. The number of rotatable bonds is 6. The van der Waals surface area contributed by atoms with Crippen LogP contribution in [-0.4, -0.2) is 30.1 Å². The van der Waals surface area contributed by atoms with Gasteiger partial charge in [0.25, 0.3) is 0 Å². The SMILES string of the molecule is c1ccc(COc2cncc(-c3ccc4[nH]nc(-c5cc6c(-c7ccccn7)ccnc6[nH]5)c4c3)c2)cc1. The molecule has 0 aliphatic carbocycles. The molecule has 7 heteroatoms. The number of pyridine rings is 3. The van der Waals surface area contributed by atoms with Crippen LogP contribution in [0.4, 0.5) is 0 Å². The second-order valence-corrected chi connectivity index (χ2v) is 9.03. The first-order chi connectivity index (χ1) is 18.8. The molecule has 5 heterocycles. The van der Waals surface area contributed by atoms with Crippen molar-refractivity contribution in [3.8, 4) is 39.5 Å². The molecular weight excluding hydrogens is 472 g/mol. The molecule has 0 unspecified atom stereocenters. The van der Waals surface area contributed by atoms with Gasteiger partial charge in [0.2, 0.25) is 0 Å².